The smallest absolute Gasteiger partial charge is 0.219 e. The van der Waals surface area contributed by atoms with Gasteiger partial charge in [0, 0.05) is 38.7 Å². The minimum atomic E-state index is 0.212. The fourth-order valence-electron chi connectivity index (χ4n) is 2.77. The van der Waals surface area contributed by atoms with Crippen LogP contribution >= 0.6 is 0 Å². The van der Waals surface area contributed by atoms with Gasteiger partial charge < -0.3 is 15.0 Å². The summed E-state index contributed by atoms with van der Waals surface area (Å²) >= 11 is 0. The van der Waals surface area contributed by atoms with Crippen LogP contribution in [0.4, 0.5) is 0 Å². The molecule has 1 amide bonds. The molecule has 0 aromatic carbocycles. The van der Waals surface area contributed by atoms with Crippen LogP contribution < -0.4 is 5.32 Å². The van der Waals surface area contributed by atoms with Crippen molar-refractivity contribution in [3.63, 3.8) is 0 Å². The lowest BCUT2D eigenvalue weighted by Crippen LogP contribution is -2.52. The van der Waals surface area contributed by atoms with Gasteiger partial charge in [0.15, 0.2) is 0 Å². The Morgan fingerprint density at radius 1 is 1.29 bits per heavy atom. The maximum absolute atomic E-state index is 11.2. The van der Waals surface area contributed by atoms with Gasteiger partial charge in [-0.25, -0.2) is 0 Å². The number of nitrogens with zero attached hydrogens (tertiary/aromatic N) is 1. The van der Waals surface area contributed by atoms with Crippen molar-refractivity contribution in [3.05, 3.63) is 0 Å². The molecule has 17 heavy (non-hydrogen) atoms. The topological polar surface area (TPSA) is 41.6 Å². The lowest BCUT2D eigenvalue weighted by atomic mass is 9.87. The number of carbonyl (C=O) groups is 1. The Hall–Kier alpha value is -0.610. The van der Waals surface area contributed by atoms with E-state index >= 15 is 0 Å². The third-order valence-electron chi connectivity index (χ3n) is 3.91. The normalized spacial score (nSPS) is 30.1. The molecule has 2 aliphatic rings. The summed E-state index contributed by atoms with van der Waals surface area (Å²) in [6.45, 7) is 6.36. The molecule has 0 aromatic heterocycles. The number of hydrogen-bond acceptors (Lipinski definition) is 3. The van der Waals surface area contributed by atoms with Gasteiger partial charge in [-0.1, -0.05) is 0 Å². The van der Waals surface area contributed by atoms with Crippen LogP contribution in [0.5, 0.6) is 0 Å². The van der Waals surface area contributed by atoms with Crippen LogP contribution in [-0.2, 0) is 9.53 Å². The number of ether oxygens (including phenoxy) is 1. The second kappa shape index (κ2) is 5.83. The Labute approximate surface area is 104 Å². The molecular weight excluding hydrogens is 216 g/mol. The highest BCUT2D eigenvalue weighted by molar-refractivity contribution is 5.73. The van der Waals surface area contributed by atoms with Crippen LogP contribution in [0.3, 0.4) is 0 Å². The maximum atomic E-state index is 11.2. The molecule has 0 spiro atoms. The lowest BCUT2D eigenvalue weighted by Gasteiger charge is -2.40. The van der Waals surface area contributed by atoms with Crippen molar-refractivity contribution in [2.75, 3.05) is 19.7 Å². The number of likely N-dealkylation sites (tertiary alicyclic amines) is 1. The van der Waals surface area contributed by atoms with Crippen molar-refractivity contribution in [2.24, 2.45) is 0 Å². The van der Waals surface area contributed by atoms with Gasteiger partial charge in [0.25, 0.3) is 0 Å². The summed E-state index contributed by atoms with van der Waals surface area (Å²) in [5, 5.41) is 3.69. The van der Waals surface area contributed by atoms with Crippen molar-refractivity contribution >= 4 is 5.91 Å². The van der Waals surface area contributed by atoms with Crippen LogP contribution in [0.25, 0.3) is 0 Å². The number of rotatable bonds is 4. The molecule has 2 rings (SSSR count). The van der Waals surface area contributed by atoms with Gasteiger partial charge in [0.05, 0.1) is 6.10 Å². The monoisotopic (exact) mass is 240 g/mol. The quantitative estimate of drug-likeness (QED) is 0.801. The number of hydrogen-bond donors (Lipinski definition) is 1. The van der Waals surface area contributed by atoms with Crippen LogP contribution in [0, 0.1) is 0 Å². The highest BCUT2D eigenvalue weighted by Crippen LogP contribution is 2.25. The molecule has 0 aromatic rings. The molecule has 1 aliphatic carbocycles. The highest BCUT2D eigenvalue weighted by atomic mass is 16.5. The van der Waals surface area contributed by atoms with Gasteiger partial charge in [0.2, 0.25) is 5.91 Å². The summed E-state index contributed by atoms with van der Waals surface area (Å²) in [6.07, 6.45) is 4.97. The van der Waals surface area contributed by atoms with E-state index in [1.54, 1.807) is 6.92 Å². The van der Waals surface area contributed by atoms with Gasteiger partial charge in [-0.3, -0.25) is 4.79 Å². The van der Waals surface area contributed by atoms with E-state index in [4.69, 9.17) is 4.74 Å². The minimum Gasteiger partial charge on any atom is -0.378 e. The zero-order chi connectivity index (χ0) is 12.3. The predicted octanol–water partition coefficient (Wildman–Crippen LogP) is 1.15. The van der Waals surface area contributed by atoms with Gasteiger partial charge in [-0.05, 0) is 32.6 Å². The van der Waals surface area contributed by atoms with Crippen LogP contribution in [0.2, 0.25) is 0 Å². The largest absolute Gasteiger partial charge is 0.378 e. The van der Waals surface area contributed by atoms with E-state index in [2.05, 4.69) is 12.2 Å². The molecule has 1 saturated carbocycles. The molecule has 1 aliphatic heterocycles. The van der Waals surface area contributed by atoms with Crippen molar-refractivity contribution < 1.29 is 9.53 Å². The summed E-state index contributed by atoms with van der Waals surface area (Å²) in [6, 6.07) is 1.23. The van der Waals surface area contributed by atoms with E-state index in [1.807, 2.05) is 4.90 Å². The van der Waals surface area contributed by atoms with Crippen LogP contribution in [0.1, 0.15) is 39.5 Å². The third-order valence-corrected chi connectivity index (χ3v) is 3.91. The SMILES string of the molecule is CCOC1CC(NC2CCN(C(C)=O)CC2)C1. The number of amides is 1. The molecule has 4 heteroatoms. The van der Waals surface area contributed by atoms with Crippen molar-refractivity contribution in [1.82, 2.24) is 10.2 Å². The third kappa shape index (κ3) is 3.42. The molecule has 0 atom stereocenters. The molecule has 1 saturated heterocycles. The highest BCUT2D eigenvalue weighted by Gasteiger charge is 2.32. The van der Waals surface area contributed by atoms with Crippen LogP contribution in [-0.4, -0.2) is 48.7 Å². The van der Waals surface area contributed by atoms with Crippen molar-refractivity contribution in [2.45, 2.75) is 57.7 Å². The zero-order valence-corrected chi connectivity index (χ0v) is 10.9. The van der Waals surface area contributed by atoms with E-state index in [9.17, 15) is 4.79 Å². The van der Waals surface area contributed by atoms with E-state index in [0.717, 1.165) is 45.4 Å². The molecule has 98 valence electrons. The summed E-state index contributed by atoms with van der Waals surface area (Å²) in [4.78, 5) is 13.1. The summed E-state index contributed by atoms with van der Waals surface area (Å²) in [5.74, 6) is 0.212. The fraction of sp³-hybridized carbons (Fsp3) is 0.923. The summed E-state index contributed by atoms with van der Waals surface area (Å²) in [7, 11) is 0. The van der Waals surface area contributed by atoms with Crippen molar-refractivity contribution in [3.8, 4) is 0 Å². The Morgan fingerprint density at radius 3 is 2.47 bits per heavy atom. The Morgan fingerprint density at radius 2 is 1.94 bits per heavy atom. The minimum absolute atomic E-state index is 0.212. The van der Waals surface area contributed by atoms with Crippen LogP contribution in [0.15, 0.2) is 0 Å². The standard InChI is InChI=1S/C13H24N2O2/c1-3-17-13-8-12(9-13)14-11-4-6-15(7-5-11)10(2)16/h11-14H,3-9H2,1-2H3. The summed E-state index contributed by atoms with van der Waals surface area (Å²) in [5.41, 5.74) is 0. The van der Waals surface area contributed by atoms with Gasteiger partial charge in [0.1, 0.15) is 0 Å². The van der Waals surface area contributed by atoms with Gasteiger partial charge in [-0.15, -0.1) is 0 Å². The first-order valence-corrected chi connectivity index (χ1v) is 6.82. The van der Waals surface area contributed by atoms with E-state index in [0.29, 0.717) is 18.2 Å². The fourth-order valence-corrected chi connectivity index (χ4v) is 2.77. The van der Waals surface area contributed by atoms with E-state index in [-0.39, 0.29) is 5.91 Å². The molecule has 0 radical (unpaired) electrons. The predicted molar refractivity (Wildman–Crippen MR) is 66.8 cm³/mol. The molecule has 1 heterocycles. The molecule has 4 nitrogen and oxygen atoms in total. The van der Waals surface area contributed by atoms with Gasteiger partial charge >= 0.3 is 0 Å². The summed E-state index contributed by atoms with van der Waals surface area (Å²) < 4.78 is 5.55. The maximum Gasteiger partial charge on any atom is 0.219 e. The Kier molecular flexibility index (Phi) is 4.40. The van der Waals surface area contributed by atoms with Crippen molar-refractivity contribution in [1.29, 1.82) is 0 Å². The average Bonchev–Trinajstić information content (AvgIpc) is 2.27. The number of nitrogens with one attached hydrogen (secondary N) is 1. The van der Waals surface area contributed by atoms with Gasteiger partial charge in [-0.2, -0.15) is 0 Å². The molecular formula is C13H24N2O2. The Balaban J connectivity index is 1.61. The number of piperidine rings is 1. The number of carbonyl (C=O) groups excluding carboxylic acids is 1. The molecule has 2 fully saturated rings. The first-order valence-electron chi connectivity index (χ1n) is 6.82. The second-order valence-corrected chi connectivity index (χ2v) is 5.19. The zero-order valence-electron chi connectivity index (χ0n) is 10.9. The lowest BCUT2D eigenvalue weighted by molar-refractivity contribution is -0.130. The second-order valence-electron chi connectivity index (χ2n) is 5.19. The first kappa shape index (κ1) is 12.8. The molecule has 0 unspecified atom stereocenters. The van der Waals surface area contributed by atoms with E-state index in [1.165, 1.54) is 0 Å². The molecule has 0 bridgehead atoms. The van der Waals surface area contributed by atoms with E-state index < -0.39 is 0 Å². The average molecular weight is 240 g/mol. The Bertz CT molecular complexity index is 256. The first-order chi connectivity index (χ1) is 8.19. The molecule has 1 N–H and O–H groups in total.